The molecule has 1 rings (SSSR count). The van der Waals surface area contributed by atoms with E-state index in [9.17, 15) is 4.79 Å². The molecule has 0 saturated heterocycles. The fourth-order valence-electron chi connectivity index (χ4n) is 1.14. The summed E-state index contributed by atoms with van der Waals surface area (Å²) in [7, 11) is 0. The van der Waals surface area contributed by atoms with Gasteiger partial charge in [0, 0.05) is 12.7 Å². The van der Waals surface area contributed by atoms with Crippen LogP contribution in [0.3, 0.4) is 0 Å². The van der Waals surface area contributed by atoms with Crippen molar-refractivity contribution in [1.29, 1.82) is 0 Å². The maximum atomic E-state index is 11.6. The first-order valence-corrected chi connectivity index (χ1v) is 5.83. The molecule has 0 aliphatic carbocycles. The minimum Gasteiger partial charge on any atom is -0.315 e. The van der Waals surface area contributed by atoms with E-state index in [0.717, 1.165) is 16.5 Å². The Morgan fingerprint density at radius 1 is 1.43 bits per heavy atom. The Labute approximate surface area is 98.5 Å². The number of hydrogen-bond donors (Lipinski definition) is 0. The smallest absolute Gasteiger partial charge is 0.263 e. The number of nitrogens with zero attached hydrogens (tertiary/aromatic N) is 1. The molecule has 0 amide bonds. The van der Waals surface area contributed by atoms with E-state index in [1.54, 1.807) is 4.57 Å². The molecular weight excluding hydrogens is 289 g/mol. The fraction of sp³-hybridized carbons (Fsp3) is 0.545. The van der Waals surface area contributed by atoms with Crippen LogP contribution >= 0.6 is 22.6 Å². The minimum atomic E-state index is 0.123. The van der Waals surface area contributed by atoms with E-state index in [1.165, 1.54) is 0 Å². The lowest BCUT2D eigenvalue weighted by molar-refractivity contribution is 0.347. The lowest BCUT2D eigenvalue weighted by Crippen LogP contribution is -2.23. The van der Waals surface area contributed by atoms with Gasteiger partial charge in [0.2, 0.25) is 0 Å². The van der Waals surface area contributed by atoms with Crippen molar-refractivity contribution < 1.29 is 0 Å². The zero-order valence-corrected chi connectivity index (χ0v) is 11.0. The predicted octanol–water partition coefficient (Wildman–Crippen LogP) is 2.89. The van der Waals surface area contributed by atoms with Crippen LogP contribution in [0.25, 0.3) is 0 Å². The Hall–Kier alpha value is -0.320. The summed E-state index contributed by atoms with van der Waals surface area (Å²) in [6.45, 7) is 7.36. The molecule has 14 heavy (non-hydrogen) atoms. The zero-order valence-electron chi connectivity index (χ0n) is 8.88. The third-order valence-corrected chi connectivity index (χ3v) is 2.90. The quantitative estimate of drug-likeness (QED) is 0.770. The van der Waals surface area contributed by atoms with E-state index >= 15 is 0 Å². The summed E-state index contributed by atoms with van der Waals surface area (Å²) in [5, 5.41) is 0. The van der Waals surface area contributed by atoms with Crippen LogP contribution in [0.4, 0.5) is 0 Å². The summed E-state index contributed by atoms with van der Waals surface area (Å²) in [6, 6.07) is 3.77. The highest BCUT2D eigenvalue weighted by Gasteiger charge is 2.10. The minimum absolute atomic E-state index is 0.123. The fourth-order valence-corrected chi connectivity index (χ4v) is 1.66. The molecule has 3 heteroatoms. The van der Waals surface area contributed by atoms with Gasteiger partial charge in [0.25, 0.3) is 5.56 Å². The summed E-state index contributed by atoms with van der Waals surface area (Å²) in [6.07, 6.45) is 2.88. The molecule has 0 saturated carbocycles. The highest BCUT2D eigenvalue weighted by atomic mass is 127. The van der Waals surface area contributed by atoms with Crippen molar-refractivity contribution in [1.82, 2.24) is 4.57 Å². The largest absolute Gasteiger partial charge is 0.315 e. The van der Waals surface area contributed by atoms with Gasteiger partial charge < -0.3 is 4.57 Å². The molecule has 0 aromatic carbocycles. The van der Waals surface area contributed by atoms with Gasteiger partial charge in [-0.25, -0.2) is 0 Å². The molecule has 0 radical (unpaired) electrons. The predicted molar refractivity (Wildman–Crippen MR) is 67.5 cm³/mol. The SMILES string of the molecule is CC(C)(C)CCn1cccc(I)c1=O. The van der Waals surface area contributed by atoms with Gasteiger partial charge in [-0.15, -0.1) is 0 Å². The van der Waals surface area contributed by atoms with Crippen LogP contribution in [0.5, 0.6) is 0 Å². The van der Waals surface area contributed by atoms with Crippen molar-refractivity contribution in [2.75, 3.05) is 0 Å². The van der Waals surface area contributed by atoms with Crippen molar-refractivity contribution in [3.05, 3.63) is 32.3 Å². The number of rotatable bonds is 2. The van der Waals surface area contributed by atoms with Gasteiger partial charge in [-0.1, -0.05) is 20.8 Å². The first kappa shape index (κ1) is 11.8. The second-order valence-electron chi connectivity index (χ2n) is 4.67. The van der Waals surface area contributed by atoms with Gasteiger partial charge in [-0.3, -0.25) is 4.79 Å². The summed E-state index contributed by atoms with van der Waals surface area (Å²) in [4.78, 5) is 11.6. The second kappa shape index (κ2) is 4.47. The van der Waals surface area contributed by atoms with E-state index in [4.69, 9.17) is 0 Å². The molecule has 0 spiro atoms. The van der Waals surface area contributed by atoms with E-state index in [2.05, 4.69) is 43.4 Å². The lowest BCUT2D eigenvalue weighted by Gasteiger charge is -2.18. The van der Waals surface area contributed by atoms with Gasteiger partial charge in [-0.05, 0) is 46.6 Å². The Morgan fingerprint density at radius 3 is 2.64 bits per heavy atom. The van der Waals surface area contributed by atoms with Crippen molar-refractivity contribution in [2.24, 2.45) is 5.41 Å². The molecule has 0 aliphatic heterocycles. The number of aryl methyl sites for hydroxylation is 1. The molecule has 78 valence electrons. The first-order valence-electron chi connectivity index (χ1n) is 4.75. The zero-order chi connectivity index (χ0) is 10.8. The van der Waals surface area contributed by atoms with Gasteiger partial charge in [0.1, 0.15) is 0 Å². The molecule has 0 atom stereocenters. The lowest BCUT2D eigenvalue weighted by atomic mass is 9.92. The van der Waals surface area contributed by atoms with Crippen LogP contribution in [0.15, 0.2) is 23.1 Å². The van der Waals surface area contributed by atoms with Crippen LogP contribution in [-0.4, -0.2) is 4.57 Å². The molecule has 0 bridgehead atoms. The number of pyridine rings is 1. The maximum absolute atomic E-state index is 11.6. The van der Waals surface area contributed by atoms with Crippen LogP contribution in [0, 0.1) is 8.99 Å². The van der Waals surface area contributed by atoms with Gasteiger partial charge in [0.15, 0.2) is 0 Å². The van der Waals surface area contributed by atoms with E-state index < -0.39 is 0 Å². The summed E-state index contributed by atoms with van der Waals surface area (Å²) >= 11 is 2.08. The van der Waals surface area contributed by atoms with Crippen LogP contribution in [0.2, 0.25) is 0 Å². The van der Waals surface area contributed by atoms with Gasteiger partial charge in [-0.2, -0.15) is 0 Å². The monoisotopic (exact) mass is 305 g/mol. The molecule has 1 heterocycles. The van der Waals surface area contributed by atoms with Crippen molar-refractivity contribution in [2.45, 2.75) is 33.7 Å². The topological polar surface area (TPSA) is 22.0 Å². The average Bonchev–Trinajstić information content (AvgIpc) is 2.06. The van der Waals surface area contributed by atoms with Gasteiger partial charge >= 0.3 is 0 Å². The number of aromatic nitrogens is 1. The van der Waals surface area contributed by atoms with E-state index in [0.29, 0.717) is 0 Å². The third kappa shape index (κ3) is 3.44. The summed E-state index contributed by atoms with van der Waals surface area (Å²) in [5.41, 5.74) is 0.401. The molecule has 0 unspecified atom stereocenters. The highest BCUT2D eigenvalue weighted by molar-refractivity contribution is 14.1. The summed E-state index contributed by atoms with van der Waals surface area (Å²) < 4.78 is 2.58. The van der Waals surface area contributed by atoms with Crippen LogP contribution in [0.1, 0.15) is 27.2 Å². The van der Waals surface area contributed by atoms with Gasteiger partial charge in [0.05, 0.1) is 3.57 Å². The third-order valence-electron chi connectivity index (χ3n) is 2.08. The number of halogens is 1. The van der Waals surface area contributed by atoms with Crippen LogP contribution in [-0.2, 0) is 6.54 Å². The Morgan fingerprint density at radius 2 is 2.07 bits per heavy atom. The maximum Gasteiger partial charge on any atom is 0.263 e. The molecule has 1 aromatic rings. The van der Waals surface area contributed by atoms with Crippen LogP contribution < -0.4 is 5.56 Å². The second-order valence-corrected chi connectivity index (χ2v) is 5.83. The normalized spacial score (nSPS) is 11.7. The van der Waals surface area contributed by atoms with Crippen molar-refractivity contribution >= 4 is 22.6 Å². The standard InChI is InChI=1S/C11H16INO/c1-11(2,3)6-8-13-7-4-5-9(12)10(13)14/h4-5,7H,6,8H2,1-3H3. The summed E-state index contributed by atoms with van der Waals surface area (Å²) in [5.74, 6) is 0. The van der Waals surface area contributed by atoms with Crippen molar-refractivity contribution in [3.8, 4) is 0 Å². The molecule has 0 N–H and O–H groups in total. The molecule has 1 aromatic heterocycles. The van der Waals surface area contributed by atoms with E-state index in [1.807, 2.05) is 18.3 Å². The van der Waals surface area contributed by atoms with E-state index in [-0.39, 0.29) is 11.0 Å². The van der Waals surface area contributed by atoms with Crippen molar-refractivity contribution in [3.63, 3.8) is 0 Å². The molecule has 0 fully saturated rings. The first-order chi connectivity index (χ1) is 6.40. The Balaban J connectivity index is 2.78. The highest BCUT2D eigenvalue weighted by Crippen LogP contribution is 2.18. The number of hydrogen-bond acceptors (Lipinski definition) is 1. The molecule has 0 aliphatic rings. The average molecular weight is 305 g/mol. The Bertz CT molecular complexity index is 362. The molecule has 2 nitrogen and oxygen atoms in total. The molecular formula is C11H16INO. The Kier molecular flexibility index (Phi) is 3.75.